The number of nitrogens with zero attached hydrogens (tertiary/aromatic N) is 2. The van der Waals surface area contributed by atoms with E-state index in [4.69, 9.17) is 4.74 Å². The molecule has 2 aliphatic heterocycles. The van der Waals surface area contributed by atoms with E-state index in [0.29, 0.717) is 50.0 Å². The SMILES string of the molecule is CCC(CC)C(CNC(=O)C1CCN(S(=O)(=O)c2ccc(C(C)=O)cc2)CC1)N1CCOCC1. The van der Waals surface area contributed by atoms with Crippen LogP contribution >= 0.6 is 0 Å². The van der Waals surface area contributed by atoms with Gasteiger partial charge in [-0.2, -0.15) is 4.31 Å². The number of nitrogens with one attached hydrogen (secondary N) is 1. The van der Waals surface area contributed by atoms with Crippen LogP contribution < -0.4 is 5.32 Å². The molecule has 0 saturated carbocycles. The first-order valence-electron chi connectivity index (χ1n) is 12.5. The number of rotatable bonds is 10. The average Bonchev–Trinajstić information content (AvgIpc) is 2.87. The Balaban J connectivity index is 1.55. The van der Waals surface area contributed by atoms with Crippen molar-refractivity contribution in [3.05, 3.63) is 29.8 Å². The minimum Gasteiger partial charge on any atom is -0.379 e. The molecule has 3 rings (SSSR count). The molecule has 0 spiro atoms. The number of Topliss-reactive ketones (excluding diaryl/α,β-unsaturated/α-hetero) is 1. The lowest BCUT2D eigenvalue weighted by molar-refractivity contribution is -0.126. The molecule has 0 aromatic heterocycles. The molecule has 34 heavy (non-hydrogen) atoms. The highest BCUT2D eigenvalue weighted by atomic mass is 32.2. The Morgan fingerprint density at radius 3 is 2.15 bits per heavy atom. The van der Waals surface area contributed by atoms with Gasteiger partial charge in [0.15, 0.2) is 5.78 Å². The number of amides is 1. The number of carbonyl (C=O) groups is 2. The van der Waals surface area contributed by atoms with Crippen LogP contribution in [0.2, 0.25) is 0 Å². The van der Waals surface area contributed by atoms with E-state index in [1.165, 1.54) is 23.4 Å². The first kappa shape index (κ1) is 26.8. The maximum Gasteiger partial charge on any atom is 0.243 e. The van der Waals surface area contributed by atoms with Crippen molar-refractivity contribution in [2.75, 3.05) is 45.9 Å². The third-order valence-corrected chi connectivity index (χ3v) is 9.23. The topological polar surface area (TPSA) is 96.0 Å². The standard InChI is InChI=1S/C25H39N3O5S/c1-4-20(5-2)24(27-14-16-33-17-15-27)18-26-25(30)22-10-12-28(13-11-22)34(31,32)23-8-6-21(7-9-23)19(3)29/h6-9,20,22,24H,4-5,10-18H2,1-3H3,(H,26,30). The first-order valence-corrected chi connectivity index (χ1v) is 13.9. The molecule has 1 amide bonds. The van der Waals surface area contributed by atoms with Gasteiger partial charge >= 0.3 is 0 Å². The predicted octanol–water partition coefficient (Wildman–Crippen LogP) is 2.54. The van der Waals surface area contributed by atoms with Gasteiger partial charge in [0.05, 0.1) is 18.1 Å². The highest BCUT2D eigenvalue weighted by molar-refractivity contribution is 7.89. The second-order valence-corrected chi connectivity index (χ2v) is 11.2. The molecule has 0 aliphatic carbocycles. The number of ketones is 1. The number of morpholine rings is 1. The van der Waals surface area contributed by atoms with Crippen LogP contribution in [-0.2, 0) is 19.6 Å². The molecule has 1 aromatic carbocycles. The fraction of sp³-hybridized carbons (Fsp3) is 0.680. The maximum absolute atomic E-state index is 13.0. The van der Waals surface area contributed by atoms with Crippen molar-refractivity contribution in [3.8, 4) is 0 Å². The third kappa shape index (κ3) is 6.44. The summed E-state index contributed by atoms with van der Waals surface area (Å²) >= 11 is 0. The molecule has 8 nitrogen and oxygen atoms in total. The van der Waals surface area contributed by atoms with Gasteiger partial charge in [0, 0.05) is 50.2 Å². The third-order valence-electron chi connectivity index (χ3n) is 7.32. The fourth-order valence-electron chi connectivity index (χ4n) is 5.05. The number of ether oxygens (including phenoxy) is 1. The molecule has 0 radical (unpaired) electrons. The van der Waals surface area contributed by atoms with Crippen LogP contribution in [0.5, 0.6) is 0 Å². The van der Waals surface area contributed by atoms with E-state index in [1.807, 2.05) is 0 Å². The fourth-order valence-corrected chi connectivity index (χ4v) is 6.52. The molecule has 2 aliphatic rings. The van der Waals surface area contributed by atoms with E-state index >= 15 is 0 Å². The van der Waals surface area contributed by atoms with Gasteiger partial charge in [-0.25, -0.2) is 8.42 Å². The summed E-state index contributed by atoms with van der Waals surface area (Å²) in [6, 6.07) is 6.34. The normalized spacial score (nSPS) is 19.8. The second-order valence-electron chi connectivity index (χ2n) is 9.30. The molecule has 9 heteroatoms. The lowest BCUT2D eigenvalue weighted by Crippen LogP contribution is -2.53. The highest BCUT2D eigenvalue weighted by Gasteiger charge is 2.33. The Morgan fingerprint density at radius 1 is 1.03 bits per heavy atom. The Morgan fingerprint density at radius 2 is 1.62 bits per heavy atom. The minimum atomic E-state index is -3.64. The number of hydrogen-bond acceptors (Lipinski definition) is 6. The molecule has 1 unspecified atom stereocenters. The predicted molar refractivity (Wildman–Crippen MR) is 131 cm³/mol. The van der Waals surface area contributed by atoms with Gasteiger partial charge in [0.25, 0.3) is 0 Å². The zero-order chi connectivity index (χ0) is 24.7. The molecule has 2 fully saturated rings. The van der Waals surface area contributed by atoms with Crippen molar-refractivity contribution in [2.45, 2.75) is 57.4 Å². The molecule has 1 N–H and O–H groups in total. The van der Waals surface area contributed by atoms with Crippen molar-refractivity contribution >= 4 is 21.7 Å². The Hall–Kier alpha value is -1.81. The van der Waals surface area contributed by atoms with Crippen molar-refractivity contribution in [1.29, 1.82) is 0 Å². The van der Waals surface area contributed by atoms with Crippen LogP contribution in [0.25, 0.3) is 0 Å². The summed E-state index contributed by atoms with van der Waals surface area (Å²) in [7, 11) is -3.64. The largest absolute Gasteiger partial charge is 0.379 e. The van der Waals surface area contributed by atoms with E-state index in [2.05, 4.69) is 24.1 Å². The summed E-state index contributed by atoms with van der Waals surface area (Å²) in [4.78, 5) is 27.0. The summed E-state index contributed by atoms with van der Waals surface area (Å²) in [5.41, 5.74) is 0.484. The van der Waals surface area contributed by atoms with Gasteiger partial charge < -0.3 is 10.1 Å². The van der Waals surface area contributed by atoms with E-state index in [9.17, 15) is 18.0 Å². The lowest BCUT2D eigenvalue weighted by Gasteiger charge is -2.39. The molecule has 1 atom stereocenters. The molecule has 1 aromatic rings. The van der Waals surface area contributed by atoms with Gasteiger partial charge in [0.1, 0.15) is 0 Å². The van der Waals surface area contributed by atoms with Gasteiger partial charge in [-0.05, 0) is 37.8 Å². The molecular weight excluding hydrogens is 454 g/mol. The van der Waals surface area contributed by atoms with Crippen LogP contribution in [0.1, 0.15) is 56.8 Å². The number of sulfonamides is 1. The zero-order valence-electron chi connectivity index (χ0n) is 20.7. The van der Waals surface area contributed by atoms with Crippen molar-refractivity contribution < 1.29 is 22.7 Å². The van der Waals surface area contributed by atoms with Crippen LogP contribution in [0.4, 0.5) is 0 Å². The van der Waals surface area contributed by atoms with Crippen molar-refractivity contribution in [1.82, 2.24) is 14.5 Å². The van der Waals surface area contributed by atoms with Gasteiger partial charge in [-0.3, -0.25) is 14.5 Å². The summed E-state index contributed by atoms with van der Waals surface area (Å²) < 4.78 is 33.0. The number of benzene rings is 1. The van der Waals surface area contributed by atoms with Crippen LogP contribution in [0, 0.1) is 11.8 Å². The summed E-state index contributed by atoms with van der Waals surface area (Å²) in [5.74, 6) is 0.251. The number of piperidine rings is 1. The highest BCUT2D eigenvalue weighted by Crippen LogP contribution is 2.25. The van der Waals surface area contributed by atoms with E-state index in [-0.39, 0.29) is 22.5 Å². The zero-order valence-corrected chi connectivity index (χ0v) is 21.5. The first-order chi connectivity index (χ1) is 16.3. The summed E-state index contributed by atoms with van der Waals surface area (Å²) in [6.45, 7) is 10.3. The number of hydrogen-bond donors (Lipinski definition) is 1. The Bertz CT molecular complexity index is 916. The minimum absolute atomic E-state index is 0.0204. The molecule has 2 saturated heterocycles. The quantitative estimate of drug-likeness (QED) is 0.503. The van der Waals surface area contributed by atoms with Gasteiger partial charge in [-0.15, -0.1) is 0 Å². The average molecular weight is 494 g/mol. The Labute approximate surface area is 204 Å². The van der Waals surface area contributed by atoms with E-state index < -0.39 is 10.0 Å². The summed E-state index contributed by atoms with van der Waals surface area (Å²) in [5, 5.41) is 3.18. The van der Waals surface area contributed by atoms with Gasteiger partial charge in [-0.1, -0.05) is 38.8 Å². The molecular formula is C25H39N3O5S. The summed E-state index contributed by atoms with van der Waals surface area (Å²) in [6.07, 6.45) is 3.14. The lowest BCUT2D eigenvalue weighted by atomic mass is 9.91. The maximum atomic E-state index is 13.0. The monoisotopic (exact) mass is 493 g/mol. The molecule has 190 valence electrons. The second kappa shape index (κ2) is 12.2. The smallest absolute Gasteiger partial charge is 0.243 e. The van der Waals surface area contributed by atoms with Crippen LogP contribution in [0.3, 0.4) is 0 Å². The number of carbonyl (C=O) groups excluding carboxylic acids is 2. The van der Waals surface area contributed by atoms with Crippen LogP contribution in [0.15, 0.2) is 29.2 Å². The van der Waals surface area contributed by atoms with E-state index in [0.717, 1.165) is 39.1 Å². The Kier molecular flexibility index (Phi) is 9.65. The molecule has 0 bridgehead atoms. The van der Waals surface area contributed by atoms with Crippen molar-refractivity contribution in [2.24, 2.45) is 11.8 Å². The van der Waals surface area contributed by atoms with Crippen LogP contribution in [-0.4, -0.2) is 81.3 Å². The van der Waals surface area contributed by atoms with Crippen molar-refractivity contribution in [3.63, 3.8) is 0 Å². The molecule has 2 heterocycles. The van der Waals surface area contributed by atoms with E-state index in [1.54, 1.807) is 12.1 Å². The van der Waals surface area contributed by atoms with Gasteiger partial charge in [0.2, 0.25) is 15.9 Å².